The van der Waals surface area contributed by atoms with E-state index in [1.54, 1.807) is 6.08 Å². The summed E-state index contributed by atoms with van der Waals surface area (Å²) in [5.41, 5.74) is 0. The van der Waals surface area contributed by atoms with Gasteiger partial charge in [-0.25, -0.2) is 0 Å². The van der Waals surface area contributed by atoms with Crippen molar-refractivity contribution in [2.24, 2.45) is 0 Å². The Bertz CT molecular complexity index is 1040. The SMILES string of the molecule is CCCCCCCCCCCC/C=C/CC/C=C/C(O)C(COC1OC(CO)C(O)C(O)C1O)NC(=O)C(O)CCCCCCCCCCCCCCCCCCCCCCC. The Morgan fingerprint density at radius 3 is 1.40 bits per heavy atom. The van der Waals surface area contributed by atoms with Gasteiger partial charge < -0.3 is 45.4 Å². The van der Waals surface area contributed by atoms with Crippen LogP contribution in [0.1, 0.15) is 239 Å². The molecule has 1 aliphatic rings. The molecule has 1 heterocycles. The molecule has 7 N–H and O–H groups in total. The minimum Gasteiger partial charge on any atom is -0.394 e. The molecule has 0 aliphatic carbocycles. The molecule has 62 heavy (non-hydrogen) atoms. The second kappa shape index (κ2) is 42.3. The van der Waals surface area contributed by atoms with E-state index in [1.165, 1.54) is 173 Å². The van der Waals surface area contributed by atoms with Crippen molar-refractivity contribution in [3.63, 3.8) is 0 Å². The van der Waals surface area contributed by atoms with Gasteiger partial charge >= 0.3 is 0 Å². The van der Waals surface area contributed by atoms with Crippen molar-refractivity contribution in [1.29, 1.82) is 0 Å². The van der Waals surface area contributed by atoms with Crippen molar-refractivity contribution in [1.82, 2.24) is 5.32 Å². The molecule has 0 aromatic rings. The number of rotatable bonds is 44. The number of carbonyl (C=O) groups excluding carboxylic acids is 1. The first-order valence-corrected chi connectivity index (χ1v) is 26.2. The summed E-state index contributed by atoms with van der Waals surface area (Å²) < 4.78 is 11.2. The number of amides is 1. The summed E-state index contributed by atoms with van der Waals surface area (Å²) in [5, 5.41) is 64.8. The van der Waals surface area contributed by atoms with E-state index < -0.39 is 61.5 Å². The van der Waals surface area contributed by atoms with Gasteiger partial charge in [0.05, 0.1) is 25.4 Å². The van der Waals surface area contributed by atoms with E-state index >= 15 is 0 Å². The molecular formula is C52H99NO9. The fraction of sp³-hybridized carbons (Fsp3) is 0.904. The Kier molecular flexibility index (Phi) is 40.0. The second-order valence-electron chi connectivity index (χ2n) is 18.5. The number of hydrogen-bond acceptors (Lipinski definition) is 9. The highest BCUT2D eigenvalue weighted by Gasteiger charge is 2.44. The molecule has 0 spiro atoms. The van der Waals surface area contributed by atoms with Crippen LogP contribution in [0.4, 0.5) is 0 Å². The molecule has 0 saturated carbocycles. The maximum absolute atomic E-state index is 13.1. The van der Waals surface area contributed by atoms with Crippen LogP contribution in [0.2, 0.25) is 0 Å². The van der Waals surface area contributed by atoms with Crippen molar-refractivity contribution >= 4 is 5.91 Å². The molecule has 1 aliphatic heterocycles. The predicted octanol–water partition coefficient (Wildman–Crippen LogP) is 10.8. The summed E-state index contributed by atoms with van der Waals surface area (Å²) in [6.45, 7) is 3.61. The van der Waals surface area contributed by atoms with Crippen LogP contribution in [0.5, 0.6) is 0 Å². The summed E-state index contributed by atoms with van der Waals surface area (Å²) in [6, 6.07) is -0.993. The zero-order valence-corrected chi connectivity index (χ0v) is 40.0. The summed E-state index contributed by atoms with van der Waals surface area (Å²) in [5.74, 6) is -0.622. The molecule has 10 nitrogen and oxygen atoms in total. The number of carbonyl (C=O) groups is 1. The van der Waals surface area contributed by atoms with Gasteiger partial charge in [-0.2, -0.15) is 0 Å². The maximum atomic E-state index is 13.1. The predicted molar refractivity (Wildman–Crippen MR) is 255 cm³/mol. The van der Waals surface area contributed by atoms with E-state index in [0.29, 0.717) is 12.8 Å². The van der Waals surface area contributed by atoms with Crippen LogP contribution in [0.15, 0.2) is 24.3 Å². The zero-order valence-electron chi connectivity index (χ0n) is 40.0. The number of unbranched alkanes of at least 4 members (excludes halogenated alkanes) is 31. The number of aliphatic hydroxyl groups is 6. The Morgan fingerprint density at radius 2 is 0.952 bits per heavy atom. The van der Waals surface area contributed by atoms with E-state index in [4.69, 9.17) is 9.47 Å². The van der Waals surface area contributed by atoms with Gasteiger partial charge in [-0.15, -0.1) is 0 Å². The Balaban J connectivity index is 2.34. The molecule has 1 amide bonds. The zero-order chi connectivity index (χ0) is 45.3. The fourth-order valence-corrected chi connectivity index (χ4v) is 8.36. The lowest BCUT2D eigenvalue weighted by Gasteiger charge is -2.40. The van der Waals surface area contributed by atoms with Gasteiger partial charge in [-0.05, 0) is 32.1 Å². The maximum Gasteiger partial charge on any atom is 0.249 e. The van der Waals surface area contributed by atoms with Crippen molar-refractivity contribution in [3.8, 4) is 0 Å². The fourth-order valence-electron chi connectivity index (χ4n) is 8.36. The highest BCUT2D eigenvalue weighted by molar-refractivity contribution is 5.80. The molecule has 1 saturated heterocycles. The molecule has 0 aromatic heterocycles. The van der Waals surface area contributed by atoms with Crippen LogP contribution in [-0.2, 0) is 14.3 Å². The lowest BCUT2D eigenvalue weighted by atomic mass is 9.99. The molecule has 0 aromatic carbocycles. The number of nitrogens with one attached hydrogen (secondary N) is 1. The van der Waals surface area contributed by atoms with E-state index in [-0.39, 0.29) is 6.61 Å². The largest absolute Gasteiger partial charge is 0.394 e. The average molecular weight is 882 g/mol. The van der Waals surface area contributed by atoms with Gasteiger partial charge in [0.15, 0.2) is 6.29 Å². The highest BCUT2D eigenvalue weighted by Crippen LogP contribution is 2.23. The van der Waals surface area contributed by atoms with Crippen molar-refractivity contribution in [2.45, 2.75) is 288 Å². The number of ether oxygens (including phenoxy) is 2. The standard InChI is InChI=1S/C52H99NO9/c1-3-5-7-9-11-13-15-17-19-21-22-23-24-25-27-29-31-33-35-37-39-41-46(56)51(60)53-44(43-61-52-50(59)49(58)48(57)47(42-54)62-52)45(55)40-38-36-34-32-30-28-26-20-18-16-14-12-10-8-6-4-2/h30,32,38,40,44-50,52,54-59H,3-29,31,33-37,39,41-43H2,1-2H3,(H,53,60)/b32-30+,40-38+. The number of aliphatic hydroxyl groups excluding tert-OH is 6. The molecule has 8 atom stereocenters. The monoisotopic (exact) mass is 882 g/mol. The van der Waals surface area contributed by atoms with Crippen LogP contribution in [0, 0.1) is 0 Å². The first-order chi connectivity index (χ1) is 30.3. The average Bonchev–Trinajstić information content (AvgIpc) is 3.27. The Labute approximate surface area is 380 Å². The van der Waals surface area contributed by atoms with E-state index in [2.05, 4.69) is 31.3 Å². The van der Waals surface area contributed by atoms with Crippen LogP contribution in [0.25, 0.3) is 0 Å². The first-order valence-electron chi connectivity index (χ1n) is 26.2. The first kappa shape index (κ1) is 58.6. The van der Waals surface area contributed by atoms with E-state index in [0.717, 1.165) is 38.5 Å². The van der Waals surface area contributed by atoms with Crippen LogP contribution < -0.4 is 5.32 Å². The van der Waals surface area contributed by atoms with Crippen LogP contribution in [-0.4, -0.2) is 98.7 Å². The summed E-state index contributed by atoms with van der Waals surface area (Å²) in [4.78, 5) is 13.1. The lowest BCUT2D eigenvalue weighted by Crippen LogP contribution is -2.60. The third kappa shape index (κ3) is 31.5. The summed E-state index contributed by atoms with van der Waals surface area (Å²) in [7, 11) is 0. The van der Waals surface area contributed by atoms with Gasteiger partial charge in [0, 0.05) is 0 Å². The minimum absolute atomic E-state index is 0.308. The smallest absolute Gasteiger partial charge is 0.249 e. The van der Waals surface area contributed by atoms with Gasteiger partial charge in [0.25, 0.3) is 0 Å². The Morgan fingerprint density at radius 1 is 0.548 bits per heavy atom. The van der Waals surface area contributed by atoms with Gasteiger partial charge in [-0.1, -0.05) is 231 Å². The van der Waals surface area contributed by atoms with E-state index in [9.17, 15) is 35.4 Å². The Hall–Kier alpha value is -1.37. The highest BCUT2D eigenvalue weighted by atomic mass is 16.7. The van der Waals surface area contributed by atoms with Gasteiger partial charge in [0.2, 0.25) is 5.91 Å². The number of allylic oxidation sites excluding steroid dienone is 3. The molecule has 10 heteroatoms. The molecule has 0 radical (unpaired) electrons. The van der Waals surface area contributed by atoms with Crippen LogP contribution >= 0.6 is 0 Å². The second-order valence-corrected chi connectivity index (χ2v) is 18.5. The molecule has 8 unspecified atom stereocenters. The minimum atomic E-state index is -1.61. The van der Waals surface area contributed by atoms with Crippen LogP contribution in [0.3, 0.4) is 0 Å². The molecule has 1 fully saturated rings. The summed E-state index contributed by atoms with van der Waals surface area (Å²) >= 11 is 0. The molecule has 1 rings (SSSR count). The summed E-state index contributed by atoms with van der Waals surface area (Å²) in [6.07, 6.45) is 41.3. The molecule has 0 bridgehead atoms. The van der Waals surface area contributed by atoms with Crippen molar-refractivity contribution in [2.75, 3.05) is 13.2 Å². The normalized spacial score (nSPS) is 20.9. The lowest BCUT2D eigenvalue weighted by molar-refractivity contribution is -0.302. The third-order valence-electron chi connectivity index (χ3n) is 12.6. The molecular weight excluding hydrogens is 783 g/mol. The van der Waals surface area contributed by atoms with E-state index in [1.807, 2.05) is 6.08 Å². The van der Waals surface area contributed by atoms with Gasteiger partial charge in [-0.3, -0.25) is 4.79 Å². The van der Waals surface area contributed by atoms with Gasteiger partial charge in [0.1, 0.15) is 30.5 Å². The number of hydrogen-bond donors (Lipinski definition) is 7. The third-order valence-corrected chi connectivity index (χ3v) is 12.6. The molecule has 366 valence electrons. The quantitative estimate of drug-likeness (QED) is 0.0233. The van der Waals surface area contributed by atoms with Crippen molar-refractivity contribution in [3.05, 3.63) is 24.3 Å². The van der Waals surface area contributed by atoms with Crippen molar-refractivity contribution < 1.29 is 44.9 Å². The topological polar surface area (TPSA) is 169 Å².